The van der Waals surface area contributed by atoms with Crippen LogP contribution in [0.15, 0.2) is 24.3 Å². The van der Waals surface area contributed by atoms with Crippen LogP contribution in [0.5, 0.6) is 0 Å². The summed E-state index contributed by atoms with van der Waals surface area (Å²) in [5.41, 5.74) is 2.17. The van der Waals surface area contributed by atoms with E-state index in [0.29, 0.717) is 18.8 Å². The lowest BCUT2D eigenvalue weighted by atomic mass is 9.97. The van der Waals surface area contributed by atoms with Gasteiger partial charge >= 0.3 is 0 Å². The number of carbonyl (C=O) groups excluding carboxylic acids is 2. The average Bonchev–Trinajstić information content (AvgIpc) is 3.10. The molecule has 0 radical (unpaired) electrons. The highest BCUT2D eigenvalue weighted by molar-refractivity contribution is 5.98. The molecule has 2 N–H and O–H groups in total. The molecule has 2 aliphatic rings. The van der Waals surface area contributed by atoms with Gasteiger partial charge < -0.3 is 10.6 Å². The third-order valence-corrected chi connectivity index (χ3v) is 4.32. The van der Waals surface area contributed by atoms with E-state index in [-0.39, 0.29) is 17.9 Å². The molecule has 2 fully saturated rings. The molecule has 1 saturated carbocycles. The van der Waals surface area contributed by atoms with Gasteiger partial charge in [-0.15, -0.1) is 0 Å². The van der Waals surface area contributed by atoms with Gasteiger partial charge in [0.1, 0.15) is 6.04 Å². The Kier molecular flexibility index (Phi) is 3.72. The number of rotatable bonds is 3. The molecule has 4 nitrogen and oxygen atoms in total. The van der Waals surface area contributed by atoms with Crippen LogP contribution >= 0.6 is 0 Å². The minimum absolute atomic E-state index is 0.0401. The number of hydrogen-bond acceptors (Lipinski definition) is 2. The Balaban J connectivity index is 1.60. The van der Waals surface area contributed by atoms with Crippen LogP contribution in [0, 0.1) is 0 Å². The molecule has 1 saturated heterocycles. The number of hydrogen-bond donors (Lipinski definition) is 2. The van der Waals surface area contributed by atoms with E-state index in [4.69, 9.17) is 0 Å². The molecule has 1 aliphatic carbocycles. The molecule has 20 heavy (non-hydrogen) atoms. The van der Waals surface area contributed by atoms with Gasteiger partial charge in [0.25, 0.3) is 0 Å². The summed E-state index contributed by atoms with van der Waals surface area (Å²) >= 11 is 0. The average molecular weight is 272 g/mol. The van der Waals surface area contributed by atoms with Crippen molar-refractivity contribution in [2.45, 2.75) is 50.5 Å². The Morgan fingerprint density at radius 1 is 1.10 bits per heavy atom. The van der Waals surface area contributed by atoms with Gasteiger partial charge in [-0.2, -0.15) is 0 Å². The minimum Gasteiger partial charge on any atom is -0.344 e. The predicted molar refractivity (Wildman–Crippen MR) is 77.4 cm³/mol. The lowest BCUT2D eigenvalue weighted by molar-refractivity contribution is -0.122. The number of nitrogens with one attached hydrogen (secondary N) is 2. The Labute approximate surface area is 118 Å². The molecule has 1 aromatic carbocycles. The highest BCUT2D eigenvalue weighted by Gasteiger charge is 2.27. The number of carbonyl (C=O) groups is 2. The highest BCUT2D eigenvalue weighted by Crippen LogP contribution is 2.34. The molecule has 0 bridgehead atoms. The van der Waals surface area contributed by atoms with E-state index in [1.54, 1.807) is 0 Å². The fourth-order valence-electron chi connectivity index (χ4n) is 3.14. The Hall–Kier alpha value is -1.84. The highest BCUT2D eigenvalue weighted by atomic mass is 16.2. The zero-order chi connectivity index (χ0) is 13.9. The van der Waals surface area contributed by atoms with Crippen LogP contribution in [0.4, 0.5) is 5.69 Å². The first kappa shape index (κ1) is 13.2. The van der Waals surface area contributed by atoms with Gasteiger partial charge in [-0.05, 0) is 42.9 Å². The molecular formula is C16H20N2O2. The van der Waals surface area contributed by atoms with Crippen LogP contribution < -0.4 is 10.6 Å². The van der Waals surface area contributed by atoms with E-state index in [1.807, 2.05) is 12.1 Å². The van der Waals surface area contributed by atoms with Crippen molar-refractivity contribution >= 4 is 17.5 Å². The van der Waals surface area contributed by atoms with Crippen molar-refractivity contribution in [1.29, 1.82) is 0 Å². The first-order chi connectivity index (χ1) is 9.72. The van der Waals surface area contributed by atoms with Crippen LogP contribution in [0.1, 0.15) is 50.0 Å². The number of anilines is 1. The van der Waals surface area contributed by atoms with Crippen LogP contribution in [0.2, 0.25) is 0 Å². The van der Waals surface area contributed by atoms with Crippen molar-refractivity contribution in [2.75, 3.05) is 5.32 Å². The van der Waals surface area contributed by atoms with E-state index in [9.17, 15) is 9.59 Å². The fraction of sp³-hybridized carbons (Fsp3) is 0.500. The van der Waals surface area contributed by atoms with Crippen molar-refractivity contribution < 1.29 is 9.59 Å². The maximum Gasteiger partial charge on any atom is 0.246 e. The lowest BCUT2D eigenvalue weighted by Crippen LogP contribution is -2.37. The molecule has 1 unspecified atom stereocenters. The van der Waals surface area contributed by atoms with E-state index in [0.717, 1.165) is 5.69 Å². The first-order valence-electron chi connectivity index (χ1n) is 7.42. The molecule has 0 spiro atoms. The van der Waals surface area contributed by atoms with Crippen molar-refractivity contribution in [3.8, 4) is 0 Å². The quantitative estimate of drug-likeness (QED) is 0.888. The summed E-state index contributed by atoms with van der Waals surface area (Å²) in [5, 5.41) is 5.55. The van der Waals surface area contributed by atoms with Gasteiger partial charge in [-0.1, -0.05) is 25.0 Å². The molecule has 1 heterocycles. The van der Waals surface area contributed by atoms with Crippen LogP contribution in [0.25, 0.3) is 0 Å². The molecule has 2 amide bonds. The molecule has 1 aliphatic heterocycles. The topological polar surface area (TPSA) is 58.2 Å². The maximum absolute atomic E-state index is 12.0. The van der Waals surface area contributed by atoms with Crippen LogP contribution in [-0.2, 0) is 9.59 Å². The molecular weight excluding hydrogens is 252 g/mol. The number of amides is 2. The Bertz CT molecular complexity index is 504. The third kappa shape index (κ3) is 2.84. The molecule has 1 atom stereocenters. The maximum atomic E-state index is 12.0. The Morgan fingerprint density at radius 2 is 1.80 bits per heavy atom. The van der Waals surface area contributed by atoms with Crippen LogP contribution in [-0.4, -0.2) is 17.9 Å². The Morgan fingerprint density at radius 3 is 2.40 bits per heavy atom. The van der Waals surface area contributed by atoms with Crippen molar-refractivity contribution in [2.24, 2.45) is 0 Å². The monoisotopic (exact) mass is 272 g/mol. The van der Waals surface area contributed by atoms with E-state index < -0.39 is 0 Å². The first-order valence-corrected chi connectivity index (χ1v) is 7.42. The normalized spacial score (nSPS) is 22.8. The van der Waals surface area contributed by atoms with Gasteiger partial charge in [0.15, 0.2) is 0 Å². The summed E-state index contributed by atoms with van der Waals surface area (Å²) in [6, 6.07) is 7.76. The van der Waals surface area contributed by atoms with E-state index >= 15 is 0 Å². The van der Waals surface area contributed by atoms with Crippen molar-refractivity contribution in [1.82, 2.24) is 5.32 Å². The van der Waals surface area contributed by atoms with Crippen LogP contribution in [0.3, 0.4) is 0 Å². The second kappa shape index (κ2) is 5.65. The molecule has 0 aromatic heterocycles. The smallest absolute Gasteiger partial charge is 0.246 e. The summed E-state index contributed by atoms with van der Waals surface area (Å²) in [6.07, 6.45) is 6.23. The van der Waals surface area contributed by atoms with Gasteiger partial charge in [0, 0.05) is 12.1 Å². The summed E-state index contributed by atoms with van der Waals surface area (Å²) in [4.78, 5) is 23.1. The summed E-state index contributed by atoms with van der Waals surface area (Å²) in [7, 11) is 0. The van der Waals surface area contributed by atoms with Crippen molar-refractivity contribution in [3.63, 3.8) is 0 Å². The van der Waals surface area contributed by atoms with Gasteiger partial charge in [-0.25, -0.2) is 0 Å². The lowest BCUT2D eigenvalue weighted by Gasteiger charge is -2.13. The largest absolute Gasteiger partial charge is 0.344 e. The van der Waals surface area contributed by atoms with Crippen molar-refractivity contribution in [3.05, 3.63) is 29.8 Å². The second-order valence-corrected chi connectivity index (χ2v) is 5.75. The molecule has 106 valence electrons. The molecule has 3 rings (SSSR count). The summed E-state index contributed by atoms with van der Waals surface area (Å²) < 4.78 is 0. The van der Waals surface area contributed by atoms with Gasteiger partial charge in [0.05, 0.1) is 0 Å². The minimum atomic E-state index is -0.378. The SMILES string of the molecule is O=C1CCC(C(=O)Nc2ccc(C3CCCC3)cc2)N1. The summed E-state index contributed by atoms with van der Waals surface area (Å²) in [6.45, 7) is 0. The zero-order valence-corrected chi connectivity index (χ0v) is 11.5. The standard InChI is InChI=1S/C16H20N2O2/c19-15-10-9-14(18-15)16(20)17-13-7-5-12(6-8-13)11-3-1-2-4-11/h5-8,11,14H,1-4,9-10H2,(H,17,20)(H,18,19). The van der Waals surface area contributed by atoms with Gasteiger partial charge in [0.2, 0.25) is 11.8 Å². The molecule has 4 heteroatoms. The predicted octanol–water partition coefficient (Wildman–Crippen LogP) is 2.56. The summed E-state index contributed by atoms with van der Waals surface area (Å²) in [5.74, 6) is 0.528. The molecule has 1 aromatic rings. The third-order valence-electron chi connectivity index (χ3n) is 4.32. The van der Waals surface area contributed by atoms with E-state index in [2.05, 4.69) is 22.8 Å². The van der Waals surface area contributed by atoms with E-state index in [1.165, 1.54) is 31.2 Å². The van der Waals surface area contributed by atoms with Gasteiger partial charge in [-0.3, -0.25) is 9.59 Å². The zero-order valence-electron chi connectivity index (χ0n) is 11.5. The number of benzene rings is 1. The fourth-order valence-corrected chi connectivity index (χ4v) is 3.14. The second-order valence-electron chi connectivity index (χ2n) is 5.75.